The quantitative estimate of drug-likeness (QED) is 0.702. The normalized spacial score (nSPS) is 12.4. The van der Waals surface area contributed by atoms with Crippen molar-refractivity contribution >= 4 is 39.9 Å². The fourth-order valence-corrected chi connectivity index (χ4v) is 2.71. The summed E-state index contributed by atoms with van der Waals surface area (Å²) in [5.74, 6) is -0.520. The molecule has 2 aromatic rings. The second kappa shape index (κ2) is 7.61. The fraction of sp³-hybridized carbons (Fsp3) is 0.143. The van der Waals surface area contributed by atoms with Gasteiger partial charge in [0.15, 0.2) is 0 Å². The number of rotatable bonds is 3. The summed E-state index contributed by atoms with van der Waals surface area (Å²) in [4.78, 5) is 0. The second-order valence-corrected chi connectivity index (χ2v) is 5.74. The van der Waals surface area contributed by atoms with Crippen LogP contribution < -0.4 is 10.5 Å². The summed E-state index contributed by atoms with van der Waals surface area (Å²) in [6.45, 7) is 0. The summed E-state index contributed by atoms with van der Waals surface area (Å²) in [6, 6.07) is 7.42. The molecule has 0 fully saturated rings. The largest absolute Gasteiger partial charge is 0.573 e. The zero-order chi connectivity index (χ0) is 16.5. The zero-order valence-electron chi connectivity index (χ0n) is 11.3. The number of nitrogens with two attached hydrogens (primary N) is 1. The minimum absolute atomic E-state index is 0. The van der Waals surface area contributed by atoms with Gasteiger partial charge >= 0.3 is 6.36 Å². The maximum absolute atomic E-state index is 12.1. The van der Waals surface area contributed by atoms with Crippen LogP contribution >= 0.6 is 39.9 Å². The van der Waals surface area contributed by atoms with Crippen LogP contribution in [0.15, 0.2) is 40.9 Å². The highest BCUT2D eigenvalue weighted by molar-refractivity contribution is 9.10. The Kier molecular flexibility index (Phi) is 6.59. The Hall–Kier alpha value is -1.15. The first-order valence-electron chi connectivity index (χ1n) is 5.96. The van der Waals surface area contributed by atoms with Gasteiger partial charge < -0.3 is 15.6 Å². The summed E-state index contributed by atoms with van der Waals surface area (Å²) in [7, 11) is 0. The van der Waals surface area contributed by atoms with Crippen molar-refractivity contribution < 1.29 is 23.0 Å². The van der Waals surface area contributed by atoms with Gasteiger partial charge in [0.05, 0.1) is 11.1 Å². The molecule has 0 spiro atoms. The van der Waals surface area contributed by atoms with E-state index in [1.54, 1.807) is 6.07 Å². The van der Waals surface area contributed by atoms with E-state index in [2.05, 4.69) is 20.7 Å². The molecule has 3 N–H and O–H groups in total. The average molecular weight is 433 g/mol. The lowest BCUT2D eigenvalue weighted by molar-refractivity contribution is -0.274. The molecule has 0 radical (unpaired) electrons. The van der Waals surface area contributed by atoms with Crippen LogP contribution in [0.5, 0.6) is 11.5 Å². The van der Waals surface area contributed by atoms with Gasteiger partial charge in [-0.15, -0.1) is 25.6 Å². The number of aromatic hydroxyl groups is 1. The predicted molar refractivity (Wildman–Crippen MR) is 87.2 cm³/mol. The van der Waals surface area contributed by atoms with E-state index in [9.17, 15) is 18.3 Å². The number of ether oxygens (including phenoxy) is 1. The third-order valence-electron chi connectivity index (χ3n) is 2.87. The molecule has 0 unspecified atom stereocenters. The molecular formula is C14H11BrCl2F3NO2. The van der Waals surface area contributed by atoms with Crippen molar-refractivity contribution in [3.63, 3.8) is 0 Å². The molecule has 0 aliphatic carbocycles. The molecule has 2 aromatic carbocycles. The van der Waals surface area contributed by atoms with E-state index in [1.165, 1.54) is 18.2 Å². The van der Waals surface area contributed by atoms with E-state index in [0.717, 1.165) is 12.1 Å². The highest BCUT2D eigenvalue weighted by Gasteiger charge is 2.31. The first-order valence-corrected chi connectivity index (χ1v) is 7.13. The van der Waals surface area contributed by atoms with Crippen molar-refractivity contribution in [2.45, 2.75) is 12.4 Å². The molecule has 0 aliphatic rings. The van der Waals surface area contributed by atoms with Gasteiger partial charge in [0.2, 0.25) is 0 Å². The minimum atomic E-state index is -4.75. The van der Waals surface area contributed by atoms with Crippen LogP contribution in [0, 0.1) is 0 Å². The van der Waals surface area contributed by atoms with Crippen molar-refractivity contribution in [2.75, 3.05) is 0 Å². The number of benzene rings is 2. The number of alkyl halides is 3. The lowest BCUT2D eigenvalue weighted by Gasteiger charge is -2.16. The summed E-state index contributed by atoms with van der Waals surface area (Å²) in [5.41, 5.74) is 6.88. The van der Waals surface area contributed by atoms with Crippen molar-refractivity contribution in [1.29, 1.82) is 0 Å². The van der Waals surface area contributed by atoms with Gasteiger partial charge in [-0.3, -0.25) is 0 Å². The molecule has 0 saturated carbocycles. The van der Waals surface area contributed by atoms with E-state index in [-0.39, 0.29) is 28.9 Å². The molecule has 9 heteroatoms. The van der Waals surface area contributed by atoms with Gasteiger partial charge in [0.1, 0.15) is 11.5 Å². The fourth-order valence-electron chi connectivity index (χ4n) is 1.88. The molecule has 0 saturated heterocycles. The Morgan fingerprint density at radius 3 is 2.26 bits per heavy atom. The first kappa shape index (κ1) is 19.9. The Morgan fingerprint density at radius 2 is 1.74 bits per heavy atom. The van der Waals surface area contributed by atoms with Gasteiger partial charge in [-0.2, -0.15) is 0 Å². The highest BCUT2D eigenvalue weighted by Crippen LogP contribution is 2.36. The lowest BCUT2D eigenvalue weighted by atomic mass is 9.99. The molecule has 3 nitrogen and oxygen atoms in total. The van der Waals surface area contributed by atoms with E-state index < -0.39 is 12.4 Å². The van der Waals surface area contributed by atoms with E-state index >= 15 is 0 Å². The Morgan fingerprint density at radius 1 is 1.17 bits per heavy atom. The van der Waals surface area contributed by atoms with Gasteiger partial charge in [-0.1, -0.05) is 39.7 Å². The van der Waals surface area contributed by atoms with Crippen LogP contribution in [0.3, 0.4) is 0 Å². The summed E-state index contributed by atoms with van der Waals surface area (Å²) in [5, 5.41) is 10.1. The number of hydrogen-bond donors (Lipinski definition) is 2. The zero-order valence-corrected chi connectivity index (χ0v) is 14.4. The Labute approximate surface area is 149 Å². The summed E-state index contributed by atoms with van der Waals surface area (Å²) in [6.07, 6.45) is -4.75. The number of phenolic OH excluding ortho intramolecular Hbond substituents is 1. The van der Waals surface area contributed by atoms with E-state index in [4.69, 9.17) is 17.3 Å². The molecule has 1 atom stereocenters. The van der Waals surface area contributed by atoms with Crippen LogP contribution in [0.1, 0.15) is 17.2 Å². The molecule has 0 aromatic heterocycles. The maximum atomic E-state index is 12.1. The van der Waals surface area contributed by atoms with Gasteiger partial charge in [0, 0.05) is 10.0 Å². The topological polar surface area (TPSA) is 55.5 Å². The molecular weight excluding hydrogens is 422 g/mol. The van der Waals surface area contributed by atoms with Crippen LogP contribution in [-0.4, -0.2) is 11.5 Å². The van der Waals surface area contributed by atoms with Gasteiger partial charge in [-0.05, 0) is 29.8 Å². The van der Waals surface area contributed by atoms with Crippen LogP contribution in [0.25, 0.3) is 0 Å². The average Bonchev–Trinajstić information content (AvgIpc) is 2.41. The van der Waals surface area contributed by atoms with E-state index in [1.807, 2.05) is 0 Å². The van der Waals surface area contributed by atoms with Crippen LogP contribution in [0.2, 0.25) is 5.02 Å². The Balaban J connectivity index is 0.00000264. The van der Waals surface area contributed by atoms with E-state index in [0.29, 0.717) is 15.6 Å². The third-order valence-corrected chi connectivity index (χ3v) is 3.61. The van der Waals surface area contributed by atoms with Crippen molar-refractivity contribution in [3.05, 3.63) is 57.0 Å². The summed E-state index contributed by atoms with van der Waals surface area (Å²) >= 11 is 9.10. The number of halogens is 6. The van der Waals surface area contributed by atoms with Crippen LogP contribution in [0.4, 0.5) is 13.2 Å². The number of phenols is 1. The minimum Gasteiger partial charge on any atom is -0.506 e. The lowest BCUT2D eigenvalue weighted by Crippen LogP contribution is -2.17. The van der Waals surface area contributed by atoms with Crippen molar-refractivity contribution in [2.24, 2.45) is 5.73 Å². The van der Waals surface area contributed by atoms with Crippen LogP contribution in [-0.2, 0) is 0 Å². The standard InChI is InChI=1S/C14H10BrClF3NO2.ClH/c15-8-5-10(13(21)11(16)6-8)12(20)7-1-3-9(4-2-7)22-14(17,18)19;/h1-6,12,21H,20H2;1H/t12-;/m1./s1. The van der Waals surface area contributed by atoms with Gasteiger partial charge in [-0.25, -0.2) is 0 Å². The number of hydrogen-bond acceptors (Lipinski definition) is 3. The van der Waals surface area contributed by atoms with Gasteiger partial charge in [0.25, 0.3) is 0 Å². The monoisotopic (exact) mass is 431 g/mol. The highest BCUT2D eigenvalue weighted by atomic mass is 79.9. The SMILES string of the molecule is Cl.N[C@H](c1ccc(OC(F)(F)F)cc1)c1cc(Br)cc(Cl)c1O. The predicted octanol–water partition coefficient (Wildman–Crippen LogP) is 5.18. The molecule has 0 bridgehead atoms. The smallest absolute Gasteiger partial charge is 0.506 e. The van der Waals surface area contributed by atoms with Crippen molar-refractivity contribution in [3.8, 4) is 11.5 Å². The molecule has 23 heavy (non-hydrogen) atoms. The molecule has 0 heterocycles. The molecule has 0 aliphatic heterocycles. The second-order valence-electron chi connectivity index (χ2n) is 4.42. The molecule has 126 valence electrons. The summed E-state index contributed by atoms with van der Waals surface area (Å²) < 4.78 is 40.7. The Bertz CT molecular complexity index is 681. The first-order chi connectivity index (χ1) is 10.2. The molecule has 0 amide bonds. The van der Waals surface area contributed by atoms with Crippen molar-refractivity contribution in [1.82, 2.24) is 0 Å². The maximum Gasteiger partial charge on any atom is 0.573 e. The third kappa shape index (κ3) is 5.17. The molecule has 2 rings (SSSR count).